The third-order valence-corrected chi connectivity index (χ3v) is 3.12. The van der Waals surface area contributed by atoms with Gasteiger partial charge in [0, 0.05) is 11.8 Å². The van der Waals surface area contributed by atoms with Crippen LogP contribution in [0.3, 0.4) is 0 Å². The predicted molar refractivity (Wildman–Crippen MR) is 50.4 cm³/mol. The number of hydrogen-bond acceptors (Lipinski definition) is 0. The summed E-state index contributed by atoms with van der Waals surface area (Å²) in [5, 5.41) is 0. The predicted octanol–water partition coefficient (Wildman–Crippen LogP) is 3.14. The van der Waals surface area contributed by atoms with Gasteiger partial charge < -0.3 is 0 Å². The molecule has 2 atom stereocenters. The molecule has 2 bridgehead atoms. The number of allylic oxidation sites excluding steroid dienone is 2. The highest BCUT2D eigenvalue weighted by Gasteiger charge is 2.31. The fraction of sp³-hybridized carbons (Fsp3) is 0.333. The number of rotatable bonds is 0. The Morgan fingerprint density at radius 2 is 1.83 bits per heavy atom. The van der Waals surface area contributed by atoms with Crippen molar-refractivity contribution in [1.82, 2.24) is 0 Å². The third-order valence-electron chi connectivity index (χ3n) is 3.12. The molecule has 0 heterocycles. The molecule has 2 aliphatic carbocycles. The van der Waals surface area contributed by atoms with Gasteiger partial charge in [0.2, 0.25) is 0 Å². The van der Waals surface area contributed by atoms with E-state index in [1.54, 1.807) is 11.1 Å². The maximum absolute atomic E-state index is 2.37. The van der Waals surface area contributed by atoms with Gasteiger partial charge in [-0.3, -0.25) is 0 Å². The van der Waals surface area contributed by atoms with E-state index in [4.69, 9.17) is 0 Å². The summed E-state index contributed by atoms with van der Waals surface area (Å²) in [5.41, 5.74) is 4.56. The quantitative estimate of drug-likeness (QED) is 0.506. The van der Waals surface area contributed by atoms with E-state index < -0.39 is 0 Å². The van der Waals surface area contributed by atoms with Gasteiger partial charge in [-0.15, -0.1) is 0 Å². The number of hydrogen-bond donors (Lipinski definition) is 0. The van der Waals surface area contributed by atoms with Crippen LogP contribution in [0.15, 0.2) is 30.4 Å². The Kier molecular flexibility index (Phi) is 1.08. The van der Waals surface area contributed by atoms with Crippen molar-refractivity contribution in [3.63, 3.8) is 0 Å². The van der Waals surface area contributed by atoms with Crippen molar-refractivity contribution in [2.75, 3.05) is 0 Å². The molecular weight excluding hydrogens is 144 g/mol. The van der Waals surface area contributed by atoms with E-state index in [0.29, 0.717) is 0 Å². The van der Waals surface area contributed by atoms with Crippen LogP contribution in [0, 0.1) is 6.92 Å². The van der Waals surface area contributed by atoms with Crippen LogP contribution in [0.5, 0.6) is 0 Å². The van der Waals surface area contributed by atoms with E-state index in [2.05, 4.69) is 37.3 Å². The van der Waals surface area contributed by atoms with E-state index in [9.17, 15) is 0 Å². The molecule has 60 valence electrons. The van der Waals surface area contributed by atoms with Gasteiger partial charge in [0.1, 0.15) is 0 Å². The molecule has 0 unspecified atom stereocenters. The minimum absolute atomic E-state index is 0.741. The standard InChI is InChI=1S/C12H12/c1-8-2-5-11-9-3-4-10(7-9)12(11)6-8/h2-6,9-10H,7H2,1H3/t9-,10+/m1/s1. The summed E-state index contributed by atoms with van der Waals surface area (Å²) >= 11 is 0. The fourth-order valence-corrected chi connectivity index (χ4v) is 2.51. The van der Waals surface area contributed by atoms with Crippen molar-refractivity contribution < 1.29 is 0 Å². The molecule has 1 aromatic carbocycles. The maximum atomic E-state index is 2.37. The Morgan fingerprint density at radius 3 is 2.67 bits per heavy atom. The lowest BCUT2D eigenvalue weighted by atomic mass is 9.95. The number of benzene rings is 1. The van der Waals surface area contributed by atoms with Crippen molar-refractivity contribution in [2.24, 2.45) is 0 Å². The molecule has 1 aromatic rings. The molecule has 0 radical (unpaired) electrons. The molecule has 2 aliphatic rings. The molecular formula is C12H12. The summed E-state index contributed by atoms with van der Waals surface area (Å²) in [5.74, 6) is 1.48. The largest absolute Gasteiger partial charge is 0.0804 e. The summed E-state index contributed by atoms with van der Waals surface area (Å²) in [6.07, 6.45) is 6.06. The zero-order chi connectivity index (χ0) is 8.13. The van der Waals surface area contributed by atoms with Gasteiger partial charge in [-0.25, -0.2) is 0 Å². The first-order valence-corrected chi connectivity index (χ1v) is 4.63. The smallest absolute Gasteiger partial charge is 0.00300 e. The van der Waals surface area contributed by atoms with E-state index in [-0.39, 0.29) is 0 Å². The van der Waals surface area contributed by atoms with Gasteiger partial charge in [0.15, 0.2) is 0 Å². The SMILES string of the molecule is Cc1ccc2c(c1)[C@H]1C=C[C@@H]2C1. The van der Waals surface area contributed by atoms with Gasteiger partial charge in [0.05, 0.1) is 0 Å². The second kappa shape index (κ2) is 2.01. The molecule has 0 N–H and O–H groups in total. The Bertz CT molecular complexity index is 360. The summed E-state index contributed by atoms with van der Waals surface area (Å²) < 4.78 is 0. The molecule has 0 amide bonds. The average Bonchev–Trinajstić information content (AvgIpc) is 2.63. The summed E-state index contributed by atoms with van der Waals surface area (Å²) in [6, 6.07) is 6.88. The molecule has 0 aromatic heterocycles. The molecule has 3 rings (SSSR count). The highest BCUT2D eigenvalue weighted by Crippen LogP contribution is 2.48. The second-order valence-electron chi connectivity index (χ2n) is 3.97. The topological polar surface area (TPSA) is 0 Å². The van der Waals surface area contributed by atoms with Crippen LogP contribution in [-0.4, -0.2) is 0 Å². The van der Waals surface area contributed by atoms with Crippen molar-refractivity contribution in [3.8, 4) is 0 Å². The first-order chi connectivity index (χ1) is 5.84. The maximum Gasteiger partial charge on any atom is 0.00300 e. The summed E-state index contributed by atoms with van der Waals surface area (Å²) in [7, 11) is 0. The van der Waals surface area contributed by atoms with Gasteiger partial charge in [0.25, 0.3) is 0 Å². The third kappa shape index (κ3) is 0.677. The van der Waals surface area contributed by atoms with Crippen molar-refractivity contribution in [1.29, 1.82) is 0 Å². The first kappa shape index (κ1) is 6.47. The Balaban J connectivity index is 2.24. The highest BCUT2D eigenvalue weighted by molar-refractivity contribution is 5.48. The van der Waals surface area contributed by atoms with Gasteiger partial charge in [-0.05, 0) is 24.5 Å². The Labute approximate surface area is 72.9 Å². The Hall–Kier alpha value is -1.04. The zero-order valence-electron chi connectivity index (χ0n) is 7.25. The van der Waals surface area contributed by atoms with E-state index >= 15 is 0 Å². The Morgan fingerprint density at radius 1 is 1.08 bits per heavy atom. The van der Waals surface area contributed by atoms with Crippen molar-refractivity contribution in [2.45, 2.75) is 25.2 Å². The lowest BCUT2D eigenvalue weighted by molar-refractivity contribution is 0.804. The van der Waals surface area contributed by atoms with Gasteiger partial charge in [-0.1, -0.05) is 35.9 Å². The van der Waals surface area contributed by atoms with Crippen LogP contribution in [0.4, 0.5) is 0 Å². The van der Waals surface area contributed by atoms with E-state index in [1.165, 1.54) is 12.0 Å². The minimum Gasteiger partial charge on any atom is -0.0804 e. The zero-order valence-corrected chi connectivity index (χ0v) is 7.25. The molecule has 0 fully saturated rings. The number of fused-ring (bicyclic) bond motifs is 5. The summed E-state index contributed by atoms with van der Waals surface area (Å²) in [6.45, 7) is 2.18. The molecule has 12 heavy (non-hydrogen) atoms. The molecule has 0 aliphatic heterocycles. The molecule has 0 spiro atoms. The first-order valence-electron chi connectivity index (χ1n) is 4.63. The van der Waals surface area contributed by atoms with Gasteiger partial charge >= 0.3 is 0 Å². The molecule has 0 saturated heterocycles. The van der Waals surface area contributed by atoms with Crippen LogP contribution in [0.2, 0.25) is 0 Å². The minimum atomic E-state index is 0.741. The van der Waals surface area contributed by atoms with Crippen molar-refractivity contribution in [3.05, 3.63) is 47.0 Å². The average molecular weight is 156 g/mol. The van der Waals surface area contributed by atoms with Crippen LogP contribution >= 0.6 is 0 Å². The van der Waals surface area contributed by atoms with Crippen LogP contribution in [0.25, 0.3) is 0 Å². The molecule has 0 heteroatoms. The monoisotopic (exact) mass is 156 g/mol. The van der Waals surface area contributed by atoms with Gasteiger partial charge in [-0.2, -0.15) is 0 Å². The number of aryl methyl sites for hydroxylation is 1. The van der Waals surface area contributed by atoms with Crippen LogP contribution < -0.4 is 0 Å². The van der Waals surface area contributed by atoms with Crippen LogP contribution in [-0.2, 0) is 0 Å². The highest BCUT2D eigenvalue weighted by atomic mass is 14.4. The fourth-order valence-electron chi connectivity index (χ4n) is 2.51. The van der Waals surface area contributed by atoms with Crippen LogP contribution in [0.1, 0.15) is 34.9 Å². The normalized spacial score (nSPS) is 29.4. The molecule has 0 nitrogen and oxygen atoms in total. The lowest BCUT2D eigenvalue weighted by Gasteiger charge is -2.10. The van der Waals surface area contributed by atoms with E-state index in [1.807, 2.05) is 0 Å². The van der Waals surface area contributed by atoms with E-state index in [0.717, 1.165) is 11.8 Å². The molecule has 0 saturated carbocycles. The van der Waals surface area contributed by atoms with Crippen molar-refractivity contribution >= 4 is 0 Å². The lowest BCUT2D eigenvalue weighted by Crippen LogP contribution is -1.92. The second-order valence-corrected chi connectivity index (χ2v) is 3.97. The summed E-state index contributed by atoms with van der Waals surface area (Å²) in [4.78, 5) is 0.